The van der Waals surface area contributed by atoms with E-state index in [1.54, 1.807) is 11.3 Å². The standard InChI is InChI=1S/C13H18N4OS/c1-10-11(2)18-12(15-10)9-16-4-6-17(7-5-16)13-14-3-8-19-13/h3,8H,4-7,9H2,1-2H3. The number of rotatable bonds is 3. The van der Waals surface area contributed by atoms with E-state index in [0.717, 1.165) is 55.2 Å². The number of hydrogen-bond donors (Lipinski definition) is 0. The molecule has 2 aromatic heterocycles. The Balaban J connectivity index is 1.55. The third-order valence-electron chi connectivity index (χ3n) is 3.49. The van der Waals surface area contributed by atoms with Crippen molar-refractivity contribution in [2.24, 2.45) is 0 Å². The van der Waals surface area contributed by atoms with Crippen molar-refractivity contribution in [3.05, 3.63) is 28.9 Å². The van der Waals surface area contributed by atoms with Crippen LogP contribution < -0.4 is 4.90 Å². The smallest absolute Gasteiger partial charge is 0.208 e. The number of aromatic nitrogens is 2. The fraction of sp³-hybridized carbons (Fsp3) is 0.538. The molecule has 5 nitrogen and oxygen atoms in total. The molecule has 1 fully saturated rings. The molecular formula is C13H18N4OS. The fourth-order valence-electron chi connectivity index (χ4n) is 2.27. The Bertz CT molecular complexity index is 509. The number of oxazole rings is 1. The zero-order valence-electron chi connectivity index (χ0n) is 11.3. The molecule has 0 bridgehead atoms. The molecule has 0 spiro atoms. The third-order valence-corrected chi connectivity index (χ3v) is 4.33. The molecule has 0 aromatic carbocycles. The molecule has 0 amide bonds. The SMILES string of the molecule is Cc1nc(CN2CCN(c3nccs3)CC2)oc1C. The van der Waals surface area contributed by atoms with Crippen molar-refractivity contribution in [3.8, 4) is 0 Å². The molecule has 1 aliphatic heterocycles. The van der Waals surface area contributed by atoms with Gasteiger partial charge in [0.2, 0.25) is 5.89 Å². The van der Waals surface area contributed by atoms with Gasteiger partial charge in [0.05, 0.1) is 12.2 Å². The molecule has 19 heavy (non-hydrogen) atoms. The summed E-state index contributed by atoms with van der Waals surface area (Å²) in [5.41, 5.74) is 0.997. The van der Waals surface area contributed by atoms with Crippen molar-refractivity contribution in [2.75, 3.05) is 31.1 Å². The summed E-state index contributed by atoms with van der Waals surface area (Å²) in [7, 11) is 0. The normalized spacial score (nSPS) is 17.1. The number of nitrogens with zero attached hydrogens (tertiary/aromatic N) is 4. The molecule has 3 heterocycles. The highest BCUT2D eigenvalue weighted by atomic mass is 32.1. The predicted octanol–water partition coefficient (Wildman–Crippen LogP) is 2.07. The largest absolute Gasteiger partial charge is 0.444 e. The Hall–Kier alpha value is -1.40. The summed E-state index contributed by atoms with van der Waals surface area (Å²) < 4.78 is 5.64. The summed E-state index contributed by atoms with van der Waals surface area (Å²) in [6.45, 7) is 8.85. The molecule has 1 aliphatic rings. The molecular weight excluding hydrogens is 260 g/mol. The van der Waals surface area contributed by atoms with Crippen molar-refractivity contribution in [3.63, 3.8) is 0 Å². The van der Waals surface area contributed by atoms with Gasteiger partial charge in [0.1, 0.15) is 5.76 Å². The lowest BCUT2D eigenvalue weighted by molar-refractivity contribution is 0.225. The third kappa shape index (κ3) is 2.79. The second kappa shape index (κ2) is 5.30. The number of thiazole rings is 1. The van der Waals surface area contributed by atoms with Crippen molar-refractivity contribution in [1.29, 1.82) is 0 Å². The van der Waals surface area contributed by atoms with E-state index < -0.39 is 0 Å². The van der Waals surface area contributed by atoms with Crippen molar-refractivity contribution in [1.82, 2.24) is 14.9 Å². The highest BCUT2D eigenvalue weighted by Crippen LogP contribution is 2.19. The van der Waals surface area contributed by atoms with Gasteiger partial charge in [-0.05, 0) is 13.8 Å². The minimum absolute atomic E-state index is 0.806. The summed E-state index contributed by atoms with van der Waals surface area (Å²) in [5, 5.41) is 3.16. The molecule has 0 aliphatic carbocycles. The quantitative estimate of drug-likeness (QED) is 0.860. The molecule has 1 saturated heterocycles. The molecule has 0 radical (unpaired) electrons. The zero-order valence-corrected chi connectivity index (χ0v) is 12.1. The first-order chi connectivity index (χ1) is 9.22. The molecule has 6 heteroatoms. The van der Waals surface area contributed by atoms with Gasteiger partial charge in [0, 0.05) is 37.8 Å². The van der Waals surface area contributed by atoms with E-state index in [9.17, 15) is 0 Å². The number of hydrogen-bond acceptors (Lipinski definition) is 6. The Morgan fingerprint density at radius 2 is 2.05 bits per heavy atom. The summed E-state index contributed by atoms with van der Waals surface area (Å²) >= 11 is 1.71. The van der Waals surface area contributed by atoms with Gasteiger partial charge in [-0.3, -0.25) is 4.90 Å². The van der Waals surface area contributed by atoms with Gasteiger partial charge in [-0.2, -0.15) is 0 Å². The maximum atomic E-state index is 5.64. The van der Waals surface area contributed by atoms with Gasteiger partial charge in [0.15, 0.2) is 5.13 Å². The number of aryl methyl sites for hydroxylation is 2. The molecule has 2 aromatic rings. The first-order valence-corrected chi connectivity index (χ1v) is 7.40. The van der Waals surface area contributed by atoms with Gasteiger partial charge < -0.3 is 9.32 Å². The average molecular weight is 278 g/mol. The Labute approximate surface area is 116 Å². The van der Waals surface area contributed by atoms with Gasteiger partial charge in [0.25, 0.3) is 0 Å². The lowest BCUT2D eigenvalue weighted by atomic mass is 10.3. The number of anilines is 1. The van der Waals surface area contributed by atoms with E-state index in [4.69, 9.17) is 4.42 Å². The van der Waals surface area contributed by atoms with Crippen molar-refractivity contribution >= 4 is 16.5 Å². The van der Waals surface area contributed by atoms with Gasteiger partial charge in [-0.15, -0.1) is 11.3 Å². The topological polar surface area (TPSA) is 45.4 Å². The second-order valence-corrected chi connectivity index (χ2v) is 5.70. The van der Waals surface area contributed by atoms with Crippen molar-refractivity contribution < 1.29 is 4.42 Å². The van der Waals surface area contributed by atoms with Gasteiger partial charge >= 0.3 is 0 Å². The van der Waals surface area contributed by atoms with Crippen LogP contribution in [0.15, 0.2) is 16.0 Å². The van der Waals surface area contributed by atoms with Crippen molar-refractivity contribution in [2.45, 2.75) is 20.4 Å². The van der Waals surface area contributed by atoms with E-state index in [2.05, 4.69) is 19.8 Å². The van der Waals surface area contributed by atoms with Crippen LogP contribution in [0.5, 0.6) is 0 Å². The fourth-order valence-corrected chi connectivity index (χ4v) is 2.96. The summed E-state index contributed by atoms with van der Waals surface area (Å²) in [4.78, 5) is 13.5. The molecule has 0 atom stereocenters. The number of piperazine rings is 1. The van der Waals surface area contributed by atoms with Crippen LogP contribution in [0.4, 0.5) is 5.13 Å². The van der Waals surface area contributed by atoms with E-state index in [1.165, 1.54) is 0 Å². The van der Waals surface area contributed by atoms with Crippen LogP contribution in [0.25, 0.3) is 0 Å². The molecule has 102 valence electrons. The minimum atomic E-state index is 0.806. The second-order valence-electron chi connectivity index (χ2n) is 4.83. The van der Waals surface area contributed by atoms with Crippen LogP contribution in [0.1, 0.15) is 17.3 Å². The highest BCUT2D eigenvalue weighted by molar-refractivity contribution is 7.13. The van der Waals surface area contributed by atoms with Crippen LogP contribution in [0, 0.1) is 13.8 Å². The first-order valence-electron chi connectivity index (χ1n) is 6.52. The van der Waals surface area contributed by atoms with Crippen LogP contribution in [-0.2, 0) is 6.54 Å². The molecule has 0 N–H and O–H groups in total. The maximum Gasteiger partial charge on any atom is 0.208 e. The van der Waals surface area contributed by atoms with Gasteiger partial charge in [-0.1, -0.05) is 0 Å². The minimum Gasteiger partial charge on any atom is -0.444 e. The first kappa shape index (κ1) is 12.6. The Morgan fingerprint density at radius 1 is 1.26 bits per heavy atom. The van der Waals surface area contributed by atoms with Gasteiger partial charge in [-0.25, -0.2) is 9.97 Å². The van der Waals surface area contributed by atoms with E-state index in [1.807, 2.05) is 25.4 Å². The summed E-state index contributed by atoms with van der Waals surface area (Å²) in [6, 6.07) is 0. The van der Waals surface area contributed by atoms with E-state index in [0.29, 0.717) is 0 Å². The van der Waals surface area contributed by atoms with Crippen LogP contribution >= 0.6 is 11.3 Å². The monoisotopic (exact) mass is 278 g/mol. The maximum absolute atomic E-state index is 5.64. The summed E-state index contributed by atoms with van der Waals surface area (Å²) in [6.07, 6.45) is 1.87. The lowest BCUT2D eigenvalue weighted by Crippen LogP contribution is -2.46. The molecule has 3 rings (SSSR count). The van der Waals surface area contributed by atoms with Crippen LogP contribution in [0.3, 0.4) is 0 Å². The Kier molecular flexibility index (Phi) is 3.52. The molecule has 0 saturated carbocycles. The highest BCUT2D eigenvalue weighted by Gasteiger charge is 2.20. The zero-order chi connectivity index (χ0) is 13.2. The van der Waals surface area contributed by atoms with E-state index in [-0.39, 0.29) is 0 Å². The van der Waals surface area contributed by atoms with E-state index >= 15 is 0 Å². The Morgan fingerprint density at radius 3 is 2.63 bits per heavy atom. The molecule has 0 unspecified atom stereocenters. The lowest BCUT2D eigenvalue weighted by Gasteiger charge is -2.33. The predicted molar refractivity (Wildman–Crippen MR) is 75.6 cm³/mol. The van der Waals surface area contributed by atoms with Crippen LogP contribution in [-0.4, -0.2) is 41.0 Å². The van der Waals surface area contributed by atoms with Crippen LogP contribution in [0.2, 0.25) is 0 Å². The summed E-state index contributed by atoms with van der Waals surface area (Å²) in [5.74, 6) is 1.76. The average Bonchev–Trinajstić information content (AvgIpc) is 3.02.